The third kappa shape index (κ3) is 4.68. The molecule has 2 aromatic heterocycles. The number of ether oxygens (including phenoxy) is 1. The van der Waals surface area contributed by atoms with Crippen molar-refractivity contribution in [3.63, 3.8) is 0 Å². The first kappa shape index (κ1) is 19.2. The van der Waals surface area contributed by atoms with Gasteiger partial charge in [-0.15, -0.1) is 24.0 Å². The molecule has 0 aliphatic heterocycles. The minimum absolute atomic E-state index is 0. The number of rotatable bonds is 6. The average Bonchev–Trinajstić information content (AvgIpc) is 3.27. The molecule has 3 rings (SSSR count). The summed E-state index contributed by atoms with van der Waals surface area (Å²) in [6.45, 7) is 1.37. The van der Waals surface area contributed by atoms with E-state index in [1.54, 1.807) is 20.4 Å². The van der Waals surface area contributed by atoms with Crippen LogP contribution in [0.25, 0.3) is 10.9 Å². The monoisotopic (exact) mass is 454 g/mol. The number of aromatic nitrogens is 1. The fraction of sp³-hybridized carbons (Fsp3) is 0.278. The lowest BCUT2D eigenvalue weighted by molar-refractivity contribution is 0.419. The standard InChI is InChI=1S/C18H22N4O2.HI/c1-19-18(22-12-14-5-4-10-24-14)20-9-8-13-11-21-15-6-3-7-16(23-2)17(13)15;/h3-7,10-11,21H,8-9,12H2,1-2H3,(H2,19,20,22);1H. The van der Waals surface area contributed by atoms with Crippen LogP contribution in [0, 0.1) is 0 Å². The van der Waals surface area contributed by atoms with Crippen LogP contribution in [0.1, 0.15) is 11.3 Å². The van der Waals surface area contributed by atoms with Crippen molar-refractivity contribution in [3.8, 4) is 5.75 Å². The molecular weight excluding hydrogens is 431 g/mol. The normalized spacial score (nSPS) is 11.2. The molecule has 0 unspecified atom stereocenters. The van der Waals surface area contributed by atoms with Gasteiger partial charge in [0.05, 0.1) is 19.9 Å². The molecule has 0 radical (unpaired) electrons. The molecule has 0 fully saturated rings. The second-order valence-electron chi connectivity index (χ2n) is 5.38. The molecule has 0 aliphatic rings. The number of H-pyrrole nitrogens is 1. The molecule has 0 bridgehead atoms. The van der Waals surface area contributed by atoms with E-state index in [0.29, 0.717) is 6.54 Å². The van der Waals surface area contributed by atoms with Gasteiger partial charge in [0.1, 0.15) is 11.5 Å². The predicted octanol–water partition coefficient (Wildman–Crippen LogP) is 3.30. The van der Waals surface area contributed by atoms with Crippen LogP contribution in [-0.2, 0) is 13.0 Å². The van der Waals surface area contributed by atoms with Crippen LogP contribution in [0.3, 0.4) is 0 Å². The molecule has 0 atom stereocenters. The Bertz CT molecular complexity index is 812. The number of furan rings is 1. The van der Waals surface area contributed by atoms with Crippen LogP contribution < -0.4 is 15.4 Å². The van der Waals surface area contributed by atoms with Gasteiger partial charge in [-0.05, 0) is 36.2 Å². The number of benzene rings is 1. The smallest absolute Gasteiger partial charge is 0.191 e. The maximum atomic E-state index is 5.47. The lowest BCUT2D eigenvalue weighted by atomic mass is 10.1. The van der Waals surface area contributed by atoms with E-state index in [9.17, 15) is 0 Å². The van der Waals surface area contributed by atoms with Crippen molar-refractivity contribution in [2.45, 2.75) is 13.0 Å². The molecule has 0 saturated heterocycles. The van der Waals surface area contributed by atoms with Gasteiger partial charge in [-0.1, -0.05) is 6.07 Å². The maximum absolute atomic E-state index is 5.47. The van der Waals surface area contributed by atoms with E-state index in [0.717, 1.165) is 41.3 Å². The fourth-order valence-corrected chi connectivity index (χ4v) is 2.71. The van der Waals surface area contributed by atoms with E-state index in [1.165, 1.54) is 5.56 Å². The number of nitrogens with one attached hydrogen (secondary N) is 3. The molecule has 0 amide bonds. The first-order chi connectivity index (χ1) is 11.8. The van der Waals surface area contributed by atoms with Gasteiger partial charge in [-0.25, -0.2) is 0 Å². The number of guanidine groups is 1. The highest BCUT2D eigenvalue weighted by atomic mass is 127. The number of aromatic amines is 1. The van der Waals surface area contributed by atoms with Gasteiger partial charge in [0.15, 0.2) is 5.96 Å². The average molecular weight is 454 g/mol. The molecule has 134 valence electrons. The Morgan fingerprint density at radius 2 is 2.12 bits per heavy atom. The number of fused-ring (bicyclic) bond motifs is 1. The minimum Gasteiger partial charge on any atom is -0.496 e. The molecule has 0 spiro atoms. The number of hydrogen-bond acceptors (Lipinski definition) is 3. The van der Waals surface area contributed by atoms with E-state index in [2.05, 4.69) is 26.7 Å². The van der Waals surface area contributed by atoms with Crippen molar-refractivity contribution < 1.29 is 9.15 Å². The van der Waals surface area contributed by atoms with Gasteiger partial charge in [-0.3, -0.25) is 4.99 Å². The van der Waals surface area contributed by atoms with Crippen molar-refractivity contribution >= 4 is 40.8 Å². The summed E-state index contributed by atoms with van der Waals surface area (Å²) < 4.78 is 10.8. The summed E-state index contributed by atoms with van der Waals surface area (Å²) in [5.41, 5.74) is 2.31. The summed E-state index contributed by atoms with van der Waals surface area (Å²) >= 11 is 0. The Kier molecular flexibility index (Phi) is 7.17. The molecular formula is C18H23IN4O2. The number of hydrogen-bond donors (Lipinski definition) is 3. The van der Waals surface area contributed by atoms with E-state index < -0.39 is 0 Å². The van der Waals surface area contributed by atoms with Crippen molar-refractivity contribution in [3.05, 3.63) is 54.1 Å². The third-order valence-electron chi connectivity index (χ3n) is 3.89. The zero-order valence-electron chi connectivity index (χ0n) is 14.3. The van der Waals surface area contributed by atoms with Crippen LogP contribution in [0.15, 0.2) is 52.2 Å². The molecule has 1 aromatic carbocycles. The van der Waals surface area contributed by atoms with E-state index in [1.807, 2.05) is 30.5 Å². The van der Waals surface area contributed by atoms with Crippen LogP contribution in [0.2, 0.25) is 0 Å². The number of aliphatic imine (C=N–C) groups is 1. The van der Waals surface area contributed by atoms with Gasteiger partial charge < -0.3 is 24.8 Å². The van der Waals surface area contributed by atoms with Crippen molar-refractivity contribution in [1.29, 1.82) is 0 Å². The fourth-order valence-electron chi connectivity index (χ4n) is 2.71. The van der Waals surface area contributed by atoms with Gasteiger partial charge in [-0.2, -0.15) is 0 Å². The SMILES string of the molecule is CN=C(NCCc1c[nH]c2cccc(OC)c12)NCc1ccco1.I. The van der Waals surface area contributed by atoms with E-state index >= 15 is 0 Å². The Morgan fingerprint density at radius 3 is 2.84 bits per heavy atom. The molecule has 2 heterocycles. The molecule has 6 nitrogen and oxygen atoms in total. The van der Waals surface area contributed by atoms with Crippen LogP contribution in [0.4, 0.5) is 0 Å². The van der Waals surface area contributed by atoms with Gasteiger partial charge in [0.25, 0.3) is 0 Å². The summed E-state index contributed by atoms with van der Waals surface area (Å²) in [6.07, 6.45) is 4.56. The zero-order chi connectivity index (χ0) is 16.8. The van der Waals surface area contributed by atoms with Crippen LogP contribution in [0.5, 0.6) is 5.75 Å². The van der Waals surface area contributed by atoms with E-state index in [-0.39, 0.29) is 24.0 Å². The molecule has 3 aromatic rings. The Hall–Kier alpha value is -2.16. The van der Waals surface area contributed by atoms with Crippen molar-refractivity contribution in [1.82, 2.24) is 15.6 Å². The summed E-state index contributed by atoms with van der Waals surface area (Å²) in [5, 5.41) is 7.68. The van der Waals surface area contributed by atoms with Gasteiger partial charge in [0.2, 0.25) is 0 Å². The van der Waals surface area contributed by atoms with Gasteiger partial charge in [0, 0.05) is 30.7 Å². The lowest BCUT2D eigenvalue weighted by Gasteiger charge is -2.11. The first-order valence-corrected chi connectivity index (χ1v) is 7.91. The summed E-state index contributed by atoms with van der Waals surface area (Å²) in [5.74, 6) is 2.52. The molecule has 0 aliphatic carbocycles. The van der Waals surface area contributed by atoms with Crippen molar-refractivity contribution in [2.75, 3.05) is 20.7 Å². The van der Waals surface area contributed by atoms with Gasteiger partial charge >= 0.3 is 0 Å². The zero-order valence-corrected chi connectivity index (χ0v) is 16.7. The van der Waals surface area contributed by atoms with E-state index in [4.69, 9.17) is 9.15 Å². The molecule has 0 saturated carbocycles. The molecule has 7 heteroatoms. The summed E-state index contributed by atoms with van der Waals surface area (Å²) in [7, 11) is 3.45. The Morgan fingerprint density at radius 1 is 1.24 bits per heavy atom. The predicted molar refractivity (Wildman–Crippen MR) is 111 cm³/mol. The number of nitrogens with zero attached hydrogens (tertiary/aromatic N) is 1. The quantitative estimate of drug-likeness (QED) is 0.304. The second-order valence-corrected chi connectivity index (χ2v) is 5.38. The number of halogens is 1. The largest absolute Gasteiger partial charge is 0.496 e. The first-order valence-electron chi connectivity index (χ1n) is 7.91. The number of methoxy groups -OCH3 is 1. The topological polar surface area (TPSA) is 74.6 Å². The van der Waals surface area contributed by atoms with Crippen LogP contribution in [-0.4, -0.2) is 31.6 Å². The summed E-state index contributed by atoms with van der Waals surface area (Å²) in [4.78, 5) is 7.52. The molecule has 25 heavy (non-hydrogen) atoms. The second kappa shape index (κ2) is 9.36. The highest BCUT2D eigenvalue weighted by molar-refractivity contribution is 14.0. The third-order valence-corrected chi connectivity index (χ3v) is 3.89. The highest BCUT2D eigenvalue weighted by Gasteiger charge is 2.09. The Balaban J connectivity index is 0.00000225. The molecule has 3 N–H and O–H groups in total. The van der Waals surface area contributed by atoms with Crippen LogP contribution >= 0.6 is 24.0 Å². The maximum Gasteiger partial charge on any atom is 0.191 e. The Labute approximate surface area is 164 Å². The minimum atomic E-state index is 0. The summed E-state index contributed by atoms with van der Waals surface area (Å²) in [6, 6.07) is 9.83. The highest BCUT2D eigenvalue weighted by Crippen LogP contribution is 2.28. The lowest BCUT2D eigenvalue weighted by Crippen LogP contribution is -2.37. The van der Waals surface area contributed by atoms with Crippen molar-refractivity contribution in [2.24, 2.45) is 4.99 Å².